The Morgan fingerprint density at radius 2 is 2.00 bits per heavy atom. The number of esters is 1. The number of carbonyl (C=O) groups is 1. The molecule has 1 aromatic carbocycles. The first kappa shape index (κ1) is 15.0. The van der Waals surface area contributed by atoms with Crippen molar-refractivity contribution in [2.75, 3.05) is 13.2 Å². The number of hydrogen-bond acceptors (Lipinski definition) is 4. The zero-order valence-corrected chi connectivity index (χ0v) is 12.6. The Bertz CT molecular complexity index is 453. The van der Waals surface area contributed by atoms with Crippen LogP contribution >= 0.6 is 0 Å². The first-order valence-electron chi connectivity index (χ1n) is 6.98. The van der Waals surface area contributed by atoms with Crippen LogP contribution in [0.5, 0.6) is 0 Å². The highest BCUT2D eigenvalue weighted by Crippen LogP contribution is 2.35. The van der Waals surface area contributed by atoms with Crippen molar-refractivity contribution in [3.8, 4) is 0 Å². The molecule has 1 unspecified atom stereocenters. The lowest BCUT2D eigenvalue weighted by Gasteiger charge is -2.35. The second kappa shape index (κ2) is 5.94. The molecule has 1 fully saturated rings. The summed E-state index contributed by atoms with van der Waals surface area (Å²) in [6.45, 7) is 8.99. The molecule has 1 aliphatic heterocycles. The van der Waals surface area contributed by atoms with Crippen LogP contribution in [0.1, 0.15) is 39.5 Å². The van der Waals surface area contributed by atoms with Crippen LogP contribution in [-0.2, 0) is 14.3 Å². The van der Waals surface area contributed by atoms with Crippen LogP contribution in [0.2, 0.25) is 0 Å². The largest absolute Gasteiger partial charge is 0.463 e. The van der Waals surface area contributed by atoms with E-state index in [-0.39, 0.29) is 23.8 Å². The van der Waals surface area contributed by atoms with E-state index in [0.29, 0.717) is 6.61 Å². The first-order valence-corrected chi connectivity index (χ1v) is 6.98. The summed E-state index contributed by atoms with van der Waals surface area (Å²) in [5.74, 6) is -0.265. The summed E-state index contributed by atoms with van der Waals surface area (Å²) >= 11 is 0. The quantitative estimate of drug-likeness (QED) is 0.796. The number of ether oxygens (including phenoxy) is 2. The molecule has 0 saturated carbocycles. The van der Waals surface area contributed by atoms with Crippen LogP contribution in [0.3, 0.4) is 0 Å². The Morgan fingerprint density at radius 1 is 1.35 bits per heavy atom. The molecule has 2 atom stereocenters. The lowest BCUT2D eigenvalue weighted by molar-refractivity contribution is -0.145. The van der Waals surface area contributed by atoms with Gasteiger partial charge in [0.05, 0.1) is 0 Å². The monoisotopic (exact) mass is 277 g/mol. The fraction of sp³-hybridized carbons (Fsp3) is 0.562. The molecular formula is C16H23NO3. The number of hydrogen-bond donors (Lipinski definition) is 0. The SMILES string of the molecule is CC(=O)OC[C@@H]1CN(C(C)(C)C)C(c2ccccc2)O1. The molecule has 1 saturated heterocycles. The average molecular weight is 277 g/mol. The summed E-state index contributed by atoms with van der Waals surface area (Å²) < 4.78 is 11.2. The number of benzene rings is 1. The summed E-state index contributed by atoms with van der Waals surface area (Å²) in [6.07, 6.45) is -0.167. The van der Waals surface area contributed by atoms with Gasteiger partial charge in [0.25, 0.3) is 0 Å². The minimum Gasteiger partial charge on any atom is -0.463 e. The zero-order valence-electron chi connectivity index (χ0n) is 12.6. The Hall–Kier alpha value is -1.39. The standard InChI is InChI=1S/C16H23NO3/c1-12(18)19-11-14-10-17(16(2,3)4)15(20-14)13-8-6-5-7-9-13/h5-9,14-15H,10-11H2,1-4H3/t14-,15?/m0/s1. The lowest BCUT2D eigenvalue weighted by atomic mass is 10.0. The van der Waals surface area contributed by atoms with Gasteiger partial charge in [0.1, 0.15) is 18.9 Å². The van der Waals surface area contributed by atoms with Crippen LogP contribution in [0.4, 0.5) is 0 Å². The average Bonchev–Trinajstić information content (AvgIpc) is 2.81. The van der Waals surface area contributed by atoms with E-state index in [1.165, 1.54) is 6.92 Å². The van der Waals surface area contributed by atoms with Crippen molar-refractivity contribution >= 4 is 5.97 Å². The van der Waals surface area contributed by atoms with E-state index in [9.17, 15) is 4.79 Å². The summed E-state index contributed by atoms with van der Waals surface area (Å²) in [7, 11) is 0. The zero-order chi connectivity index (χ0) is 14.8. The van der Waals surface area contributed by atoms with Gasteiger partial charge in [-0.05, 0) is 26.3 Å². The maximum atomic E-state index is 10.9. The highest BCUT2D eigenvalue weighted by molar-refractivity contribution is 5.65. The molecule has 4 nitrogen and oxygen atoms in total. The molecule has 2 rings (SSSR count). The van der Waals surface area contributed by atoms with Crippen molar-refractivity contribution in [1.29, 1.82) is 0 Å². The van der Waals surface area contributed by atoms with Crippen molar-refractivity contribution in [1.82, 2.24) is 4.90 Å². The van der Waals surface area contributed by atoms with Gasteiger partial charge in [-0.3, -0.25) is 9.69 Å². The molecule has 0 N–H and O–H groups in total. The second-order valence-corrected chi connectivity index (χ2v) is 6.15. The van der Waals surface area contributed by atoms with Gasteiger partial charge in [-0.2, -0.15) is 0 Å². The van der Waals surface area contributed by atoms with Gasteiger partial charge in [0, 0.05) is 19.0 Å². The highest BCUT2D eigenvalue weighted by Gasteiger charge is 2.40. The molecule has 0 aromatic heterocycles. The van der Waals surface area contributed by atoms with Crippen molar-refractivity contribution in [2.24, 2.45) is 0 Å². The lowest BCUT2D eigenvalue weighted by Crippen LogP contribution is -2.41. The van der Waals surface area contributed by atoms with Crippen LogP contribution in [-0.4, -0.2) is 35.7 Å². The third kappa shape index (κ3) is 3.58. The molecule has 20 heavy (non-hydrogen) atoms. The number of rotatable bonds is 3. The van der Waals surface area contributed by atoms with E-state index in [4.69, 9.17) is 9.47 Å². The minimum atomic E-state index is -0.265. The third-order valence-electron chi connectivity index (χ3n) is 3.42. The Morgan fingerprint density at radius 3 is 2.55 bits per heavy atom. The van der Waals surface area contributed by atoms with Gasteiger partial charge in [-0.25, -0.2) is 0 Å². The third-order valence-corrected chi connectivity index (χ3v) is 3.42. The van der Waals surface area contributed by atoms with E-state index >= 15 is 0 Å². The second-order valence-electron chi connectivity index (χ2n) is 6.15. The van der Waals surface area contributed by atoms with Gasteiger partial charge >= 0.3 is 5.97 Å². The molecule has 110 valence electrons. The topological polar surface area (TPSA) is 38.8 Å². The summed E-state index contributed by atoms with van der Waals surface area (Å²) in [6, 6.07) is 10.2. The minimum absolute atomic E-state index is 0.00845. The Balaban J connectivity index is 2.14. The fourth-order valence-electron chi connectivity index (χ4n) is 2.42. The predicted molar refractivity (Wildman–Crippen MR) is 77.1 cm³/mol. The maximum Gasteiger partial charge on any atom is 0.302 e. The maximum absolute atomic E-state index is 10.9. The van der Waals surface area contributed by atoms with Crippen LogP contribution in [0.25, 0.3) is 0 Å². The highest BCUT2D eigenvalue weighted by atomic mass is 16.6. The molecular weight excluding hydrogens is 254 g/mol. The number of nitrogens with zero attached hydrogens (tertiary/aromatic N) is 1. The summed E-state index contributed by atoms with van der Waals surface area (Å²) in [4.78, 5) is 13.2. The molecule has 0 aliphatic carbocycles. The van der Waals surface area contributed by atoms with Gasteiger partial charge < -0.3 is 9.47 Å². The van der Waals surface area contributed by atoms with Gasteiger partial charge in [0.2, 0.25) is 0 Å². The molecule has 0 amide bonds. The molecule has 1 heterocycles. The number of carbonyl (C=O) groups excluding carboxylic acids is 1. The first-order chi connectivity index (χ1) is 9.38. The fourth-order valence-corrected chi connectivity index (χ4v) is 2.42. The van der Waals surface area contributed by atoms with E-state index in [0.717, 1.165) is 12.1 Å². The smallest absolute Gasteiger partial charge is 0.302 e. The molecule has 0 bridgehead atoms. The summed E-state index contributed by atoms with van der Waals surface area (Å²) in [5.41, 5.74) is 1.12. The predicted octanol–water partition coefficient (Wildman–Crippen LogP) is 2.75. The van der Waals surface area contributed by atoms with Crippen LogP contribution < -0.4 is 0 Å². The van der Waals surface area contributed by atoms with Crippen LogP contribution in [0.15, 0.2) is 30.3 Å². The molecule has 0 radical (unpaired) electrons. The van der Waals surface area contributed by atoms with E-state index in [2.05, 4.69) is 37.8 Å². The van der Waals surface area contributed by atoms with Crippen LogP contribution in [0, 0.1) is 0 Å². The molecule has 1 aliphatic rings. The normalized spacial score (nSPS) is 23.8. The molecule has 4 heteroatoms. The van der Waals surface area contributed by atoms with Gasteiger partial charge in [-0.1, -0.05) is 30.3 Å². The Labute approximate surface area is 120 Å². The van der Waals surface area contributed by atoms with Crippen molar-refractivity contribution < 1.29 is 14.3 Å². The van der Waals surface area contributed by atoms with E-state index in [1.807, 2.05) is 18.2 Å². The Kier molecular flexibility index (Phi) is 4.45. The summed E-state index contributed by atoms with van der Waals surface area (Å²) in [5, 5.41) is 0. The van der Waals surface area contributed by atoms with E-state index in [1.54, 1.807) is 0 Å². The van der Waals surface area contributed by atoms with Crippen molar-refractivity contribution in [3.63, 3.8) is 0 Å². The van der Waals surface area contributed by atoms with Gasteiger partial charge in [0.15, 0.2) is 0 Å². The van der Waals surface area contributed by atoms with Gasteiger partial charge in [-0.15, -0.1) is 0 Å². The van der Waals surface area contributed by atoms with E-state index < -0.39 is 0 Å². The molecule has 1 aromatic rings. The van der Waals surface area contributed by atoms with Crippen molar-refractivity contribution in [3.05, 3.63) is 35.9 Å². The molecule has 0 spiro atoms. The van der Waals surface area contributed by atoms with Crippen molar-refractivity contribution in [2.45, 2.75) is 45.6 Å².